The molecule has 28 heavy (non-hydrogen) atoms. The standard InChI is InChI=1S/C23H23N5/c1-23(2,25)10-9-17-6-5-13-28-22(17)20(16-26-28)18-7-8-19(15-24)21(14-18)27-11-3-4-12-27/h5-8,13-14,16H,3-4,11-12,25H2,1-2H3. The molecule has 1 saturated heterocycles. The number of nitrogens with two attached hydrogens (primary N) is 1. The van der Waals surface area contributed by atoms with E-state index in [0.29, 0.717) is 5.56 Å². The highest BCUT2D eigenvalue weighted by Gasteiger charge is 2.18. The minimum Gasteiger partial charge on any atom is -0.370 e. The van der Waals surface area contributed by atoms with E-state index in [4.69, 9.17) is 5.73 Å². The summed E-state index contributed by atoms with van der Waals surface area (Å²) in [4.78, 5) is 2.30. The number of fused-ring (bicyclic) bond motifs is 1. The molecule has 1 aliphatic rings. The maximum Gasteiger partial charge on any atom is 0.101 e. The van der Waals surface area contributed by atoms with Crippen molar-refractivity contribution in [2.45, 2.75) is 32.2 Å². The van der Waals surface area contributed by atoms with Crippen LogP contribution in [0.1, 0.15) is 37.8 Å². The summed E-state index contributed by atoms with van der Waals surface area (Å²) >= 11 is 0. The molecule has 2 N–H and O–H groups in total. The predicted molar refractivity (Wildman–Crippen MR) is 112 cm³/mol. The van der Waals surface area contributed by atoms with E-state index < -0.39 is 5.54 Å². The molecule has 0 radical (unpaired) electrons. The van der Waals surface area contributed by atoms with Gasteiger partial charge < -0.3 is 10.6 Å². The average Bonchev–Trinajstić information content (AvgIpc) is 3.35. The molecule has 0 unspecified atom stereocenters. The third-order valence-corrected chi connectivity index (χ3v) is 4.94. The van der Waals surface area contributed by atoms with Gasteiger partial charge >= 0.3 is 0 Å². The van der Waals surface area contributed by atoms with Crippen molar-refractivity contribution in [1.82, 2.24) is 9.61 Å². The molecule has 140 valence electrons. The molecule has 0 amide bonds. The number of hydrogen-bond donors (Lipinski definition) is 1. The van der Waals surface area contributed by atoms with E-state index in [0.717, 1.165) is 41.0 Å². The number of hydrogen-bond acceptors (Lipinski definition) is 4. The van der Waals surface area contributed by atoms with Gasteiger partial charge in [0.05, 0.1) is 34.1 Å². The molecule has 0 bridgehead atoms. The monoisotopic (exact) mass is 369 g/mol. The summed E-state index contributed by atoms with van der Waals surface area (Å²) in [5, 5.41) is 14.0. The zero-order valence-electron chi connectivity index (χ0n) is 16.2. The molecule has 1 aliphatic heterocycles. The topological polar surface area (TPSA) is 70.3 Å². The Labute approximate surface area is 165 Å². The maximum absolute atomic E-state index is 9.54. The van der Waals surface area contributed by atoms with Crippen LogP contribution in [-0.2, 0) is 0 Å². The molecule has 0 aliphatic carbocycles. The smallest absolute Gasteiger partial charge is 0.101 e. The van der Waals surface area contributed by atoms with Crippen LogP contribution in [0.25, 0.3) is 16.6 Å². The van der Waals surface area contributed by atoms with Gasteiger partial charge in [0.2, 0.25) is 0 Å². The van der Waals surface area contributed by atoms with E-state index in [1.54, 1.807) is 0 Å². The van der Waals surface area contributed by atoms with Gasteiger partial charge in [0.25, 0.3) is 0 Å². The van der Waals surface area contributed by atoms with E-state index in [9.17, 15) is 5.26 Å². The zero-order chi connectivity index (χ0) is 19.7. The summed E-state index contributed by atoms with van der Waals surface area (Å²) in [6, 6.07) is 12.3. The highest BCUT2D eigenvalue weighted by atomic mass is 15.2. The predicted octanol–water partition coefficient (Wildman–Crippen LogP) is 3.56. The number of benzene rings is 1. The van der Waals surface area contributed by atoms with Crippen molar-refractivity contribution >= 4 is 11.2 Å². The molecule has 5 nitrogen and oxygen atoms in total. The minimum absolute atomic E-state index is 0.565. The van der Waals surface area contributed by atoms with E-state index >= 15 is 0 Å². The molecule has 1 aromatic carbocycles. The SMILES string of the molecule is CC(C)(N)C#Cc1cccn2ncc(-c3ccc(C#N)c(N4CCCC4)c3)c12. The van der Waals surface area contributed by atoms with Crippen LogP contribution in [0.3, 0.4) is 0 Å². The lowest BCUT2D eigenvalue weighted by molar-refractivity contribution is 0.680. The molecule has 0 atom stereocenters. The van der Waals surface area contributed by atoms with Crippen LogP contribution in [0.4, 0.5) is 5.69 Å². The first-order valence-corrected chi connectivity index (χ1v) is 9.54. The number of pyridine rings is 1. The van der Waals surface area contributed by atoms with Gasteiger partial charge in [-0.3, -0.25) is 0 Å². The van der Waals surface area contributed by atoms with Gasteiger partial charge in [-0.1, -0.05) is 17.9 Å². The summed E-state index contributed by atoms with van der Waals surface area (Å²) in [6.45, 7) is 5.77. The Hall–Kier alpha value is -3.28. The van der Waals surface area contributed by atoms with Gasteiger partial charge in [-0.05, 0) is 56.5 Å². The molecule has 3 aromatic rings. The van der Waals surface area contributed by atoms with E-state index in [1.165, 1.54) is 12.8 Å². The highest BCUT2D eigenvalue weighted by molar-refractivity contribution is 5.86. The van der Waals surface area contributed by atoms with E-state index in [-0.39, 0.29) is 0 Å². The Kier molecular flexibility index (Phi) is 4.55. The largest absolute Gasteiger partial charge is 0.370 e. The normalized spacial score (nSPS) is 14.0. The first kappa shape index (κ1) is 18.1. The third-order valence-electron chi connectivity index (χ3n) is 4.94. The van der Waals surface area contributed by atoms with Gasteiger partial charge in [-0.25, -0.2) is 4.52 Å². The molecule has 0 saturated carbocycles. The Balaban J connectivity index is 1.87. The highest BCUT2D eigenvalue weighted by Crippen LogP contribution is 2.33. The summed E-state index contributed by atoms with van der Waals surface area (Å²) < 4.78 is 1.84. The van der Waals surface area contributed by atoms with Crippen LogP contribution >= 0.6 is 0 Å². The van der Waals surface area contributed by atoms with Crippen molar-refractivity contribution in [3.63, 3.8) is 0 Å². The van der Waals surface area contributed by atoms with Gasteiger partial charge in [-0.15, -0.1) is 0 Å². The first-order valence-electron chi connectivity index (χ1n) is 9.54. The molecular weight excluding hydrogens is 346 g/mol. The summed E-state index contributed by atoms with van der Waals surface area (Å²) in [7, 11) is 0. The Morgan fingerprint density at radius 3 is 2.64 bits per heavy atom. The van der Waals surface area contributed by atoms with Crippen LogP contribution in [-0.4, -0.2) is 28.2 Å². The second kappa shape index (κ2) is 7.03. The number of nitriles is 1. The Morgan fingerprint density at radius 2 is 1.93 bits per heavy atom. The van der Waals surface area contributed by atoms with E-state index in [1.807, 2.05) is 55.0 Å². The number of rotatable bonds is 2. The number of anilines is 1. The molecular formula is C23H23N5. The van der Waals surface area contributed by atoms with Crippen molar-refractivity contribution in [1.29, 1.82) is 5.26 Å². The quantitative estimate of drug-likeness (QED) is 0.701. The van der Waals surface area contributed by atoms with Crippen LogP contribution in [0, 0.1) is 23.2 Å². The zero-order valence-corrected chi connectivity index (χ0v) is 16.2. The summed E-state index contributed by atoms with van der Waals surface area (Å²) in [6.07, 6.45) is 6.12. The van der Waals surface area contributed by atoms with Gasteiger partial charge in [0, 0.05) is 24.8 Å². The molecule has 4 rings (SSSR count). The third kappa shape index (κ3) is 3.45. The summed E-state index contributed by atoms with van der Waals surface area (Å²) in [5.41, 5.74) is 11.1. The van der Waals surface area contributed by atoms with Gasteiger partial charge in [0.1, 0.15) is 6.07 Å². The molecule has 5 heteroatoms. The Bertz CT molecular complexity index is 1130. The minimum atomic E-state index is -0.565. The fourth-order valence-corrected chi connectivity index (χ4v) is 3.60. The van der Waals surface area contributed by atoms with Crippen LogP contribution < -0.4 is 10.6 Å². The first-order chi connectivity index (χ1) is 13.5. The van der Waals surface area contributed by atoms with Crippen molar-refractivity contribution in [3.8, 4) is 29.0 Å². The van der Waals surface area contributed by atoms with Crippen molar-refractivity contribution in [2.75, 3.05) is 18.0 Å². The fourth-order valence-electron chi connectivity index (χ4n) is 3.60. The lowest BCUT2D eigenvalue weighted by atomic mass is 10.0. The summed E-state index contributed by atoms with van der Waals surface area (Å²) in [5.74, 6) is 6.33. The molecule has 0 spiro atoms. The van der Waals surface area contributed by atoms with Crippen LogP contribution in [0.5, 0.6) is 0 Å². The number of aromatic nitrogens is 2. The lowest BCUT2D eigenvalue weighted by Gasteiger charge is -2.20. The fraction of sp³-hybridized carbons (Fsp3) is 0.304. The molecule has 1 fully saturated rings. The molecule has 3 heterocycles. The maximum atomic E-state index is 9.54. The lowest BCUT2D eigenvalue weighted by Crippen LogP contribution is -2.29. The van der Waals surface area contributed by atoms with E-state index in [2.05, 4.69) is 34.0 Å². The van der Waals surface area contributed by atoms with Gasteiger partial charge in [0.15, 0.2) is 0 Å². The number of nitrogens with zero attached hydrogens (tertiary/aromatic N) is 4. The Morgan fingerprint density at radius 1 is 1.14 bits per heavy atom. The van der Waals surface area contributed by atoms with Gasteiger partial charge in [-0.2, -0.15) is 10.4 Å². The average molecular weight is 369 g/mol. The van der Waals surface area contributed by atoms with Crippen LogP contribution in [0.15, 0.2) is 42.7 Å². The molecule has 2 aromatic heterocycles. The van der Waals surface area contributed by atoms with Crippen molar-refractivity contribution in [2.24, 2.45) is 5.73 Å². The van der Waals surface area contributed by atoms with Crippen LogP contribution in [0.2, 0.25) is 0 Å². The van der Waals surface area contributed by atoms with Crippen molar-refractivity contribution in [3.05, 3.63) is 53.9 Å². The van der Waals surface area contributed by atoms with Crippen molar-refractivity contribution < 1.29 is 0 Å². The second-order valence-electron chi connectivity index (χ2n) is 7.78. The second-order valence-corrected chi connectivity index (χ2v) is 7.78.